The zero-order valence-electron chi connectivity index (χ0n) is 13.9. The summed E-state index contributed by atoms with van der Waals surface area (Å²) in [5.41, 5.74) is 1.96. The van der Waals surface area contributed by atoms with Gasteiger partial charge in [-0.3, -0.25) is 4.98 Å². The first-order valence-corrected chi connectivity index (χ1v) is 8.86. The molecule has 2 aromatic rings. The third-order valence-corrected chi connectivity index (χ3v) is 4.66. The van der Waals surface area contributed by atoms with Crippen molar-refractivity contribution in [3.05, 3.63) is 54.4 Å². The summed E-state index contributed by atoms with van der Waals surface area (Å²) < 4.78 is 5.66. The van der Waals surface area contributed by atoms with Crippen molar-refractivity contribution >= 4 is 23.0 Å². The average Bonchev–Trinajstić information content (AvgIpc) is 3.07. The number of benzene rings is 1. The van der Waals surface area contributed by atoms with Gasteiger partial charge in [0, 0.05) is 12.4 Å². The highest BCUT2D eigenvalue weighted by Crippen LogP contribution is 2.38. The largest absolute Gasteiger partial charge is 0.492 e. The first-order chi connectivity index (χ1) is 11.7. The standard InChI is InChI=1S/C19H23N3OS/c1-2-23-17-10-4-3-9-16(17)21-18(24)22-19(11-5-6-12-19)15-8-7-13-20-14-15/h3-4,7-10,13-14H,2,5-6,11-12H2,1H3,(H2,21,22,24). The summed E-state index contributed by atoms with van der Waals surface area (Å²) >= 11 is 5.59. The number of hydrogen-bond donors (Lipinski definition) is 2. The maximum absolute atomic E-state index is 5.66. The molecule has 3 rings (SSSR count). The van der Waals surface area contributed by atoms with E-state index in [1.165, 1.54) is 18.4 Å². The molecule has 5 heteroatoms. The minimum absolute atomic E-state index is 0.126. The fourth-order valence-corrected chi connectivity index (χ4v) is 3.64. The summed E-state index contributed by atoms with van der Waals surface area (Å²) in [6.45, 7) is 2.60. The predicted molar refractivity (Wildman–Crippen MR) is 101 cm³/mol. The first kappa shape index (κ1) is 16.7. The van der Waals surface area contributed by atoms with Crippen LogP contribution in [0.5, 0.6) is 5.75 Å². The number of hydrogen-bond acceptors (Lipinski definition) is 3. The molecule has 1 aromatic heterocycles. The van der Waals surface area contributed by atoms with E-state index < -0.39 is 0 Å². The molecular formula is C19H23N3OS. The molecule has 126 valence electrons. The Labute approximate surface area is 148 Å². The van der Waals surface area contributed by atoms with E-state index in [-0.39, 0.29) is 5.54 Å². The molecule has 0 atom stereocenters. The van der Waals surface area contributed by atoms with E-state index in [0.717, 1.165) is 24.3 Å². The normalized spacial score (nSPS) is 15.7. The van der Waals surface area contributed by atoms with Gasteiger partial charge in [0.25, 0.3) is 0 Å². The van der Waals surface area contributed by atoms with Crippen molar-refractivity contribution in [2.75, 3.05) is 11.9 Å². The molecule has 0 amide bonds. The average molecular weight is 341 g/mol. The van der Waals surface area contributed by atoms with Crippen LogP contribution in [0.4, 0.5) is 5.69 Å². The van der Waals surface area contributed by atoms with Gasteiger partial charge in [0.05, 0.1) is 17.8 Å². The minimum atomic E-state index is -0.126. The monoisotopic (exact) mass is 341 g/mol. The number of para-hydroxylation sites is 2. The molecule has 1 aliphatic rings. The summed E-state index contributed by atoms with van der Waals surface area (Å²) in [5.74, 6) is 0.811. The number of rotatable bonds is 5. The molecule has 0 bridgehead atoms. The Morgan fingerprint density at radius 1 is 1.21 bits per heavy atom. The molecule has 1 aromatic carbocycles. The van der Waals surface area contributed by atoms with Crippen molar-refractivity contribution in [1.82, 2.24) is 10.3 Å². The fraction of sp³-hybridized carbons (Fsp3) is 0.368. The molecular weight excluding hydrogens is 318 g/mol. The van der Waals surface area contributed by atoms with E-state index in [4.69, 9.17) is 17.0 Å². The summed E-state index contributed by atoms with van der Waals surface area (Å²) in [7, 11) is 0. The molecule has 2 N–H and O–H groups in total. The number of anilines is 1. The van der Waals surface area contributed by atoms with Crippen LogP contribution in [0, 0.1) is 0 Å². The SMILES string of the molecule is CCOc1ccccc1NC(=S)NC1(c2cccnc2)CCCC1. The Bertz CT molecular complexity index is 684. The Balaban J connectivity index is 1.76. The second-order valence-electron chi connectivity index (χ2n) is 6.04. The van der Waals surface area contributed by atoms with Crippen molar-refractivity contribution in [2.45, 2.75) is 38.1 Å². The van der Waals surface area contributed by atoms with Gasteiger partial charge in [0.1, 0.15) is 5.75 Å². The quantitative estimate of drug-likeness (QED) is 0.797. The maximum atomic E-state index is 5.66. The highest BCUT2D eigenvalue weighted by atomic mass is 32.1. The topological polar surface area (TPSA) is 46.2 Å². The van der Waals surface area contributed by atoms with Gasteiger partial charge in [-0.25, -0.2) is 0 Å². The van der Waals surface area contributed by atoms with Crippen LogP contribution < -0.4 is 15.4 Å². The van der Waals surface area contributed by atoms with E-state index in [1.54, 1.807) is 6.20 Å². The van der Waals surface area contributed by atoms with Gasteiger partial charge in [0.2, 0.25) is 0 Å². The highest BCUT2D eigenvalue weighted by Gasteiger charge is 2.36. The number of nitrogens with one attached hydrogen (secondary N) is 2. The first-order valence-electron chi connectivity index (χ1n) is 8.45. The Morgan fingerprint density at radius 3 is 2.71 bits per heavy atom. The molecule has 1 fully saturated rings. The Kier molecular flexibility index (Phi) is 5.30. The lowest BCUT2D eigenvalue weighted by Gasteiger charge is -2.32. The Morgan fingerprint density at radius 2 is 2.00 bits per heavy atom. The van der Waals surface area contributed by atoms with Gasteiger partial charge in [-0.1, -0.05) is 31.0 Å². The van der Waals surface area contributed by atoms with Gasteiger partial charge >= 0.3 is 0 Å². The molecule has 1 heterocycles. The number of nitrogens with zero attached hydrogens (tertiary/aromatic N) is 1. The third-order valence-electron chi connectivity index (χ3n) is 4.46. The zero-order chi connectivity index (χ0) is 16.8. The van der Waals surface area contributed by atoms with Gasteiger partial charge in [-0.15, -0.1) is 0 Å². The molecule has 1 aliphatic carbocycles. The smallest absolute Gasteiger partial charge is 0.171 e. The van der Waals surface area contributed by atoms with E-state index in [1.807, 2.05) is 43.5 Å². The van der Waals surface area contributed by atoms with E-state index in [9.17, 15) is 0 Å². The van der Waals surface area contributed by atoms with Crippen molar-refractivity contribution < 1.29 is 4.74 Å². The summed E-state index contributed by atoms with van der Waals surface area (Å²) in [5, 5.41) is 7.46. The van der Waals surface area contributed by atoms with Crippen LogP contribution in [0.25, 0.3) is 0 Å². The van der Waals surface area contributed by atoms with Crippen molar-refractivity contribution in [2.24, 2.45) is 0 Å². The highest BCUT2D eigenvalue weighted by molar-refractivity contribution is 7.80. The van der Waals surface area contributed by atoms with Crippen LogP contribution in [0.3, 0.4) is 0 Å². The van der Waals surface area contributed by atoms with Gasteiger partial charge in [0.15, 0.2) is 5.11 Å². The van der Waals surface area contributed by atoms with Crippen molar-refractivity contribution in [3.8, 4) is 5.75 Å². The number of ether oxygens (including phenoxy) is 1. The van der Waals surface area contributed by atoms with Crippen molar-refractivity contribution in [1.29, 1.82) is 0 Å². The zero-order valence-corrected chi connectivity index (χ0v) is 14.7. The third kappa shape index (κ3) is 3.67. The second-order valence-corrected chi connectivity index (χ2v) is 6.45. The molecule has 24 heavy (non-hydrogen) atoms. The molecule has 0 aliphatic heterocycles. The maximum Gasteiger partial charge on any atom is 0.171 e. The summed E-state index contributed by atoms with van der Waals surface area (Å²) in [6, 6.07) is 12.0. The molecule has 0 unspecified atom stereocenters. The molecule has 4 nitrogen and oxygen atoms in total. The van der Waals surface area contributed by atoms with Crippen LogP contribution in [0.15, 0.2) is 48.8 Å². The molecule has 1 saturated carbocycles. The lowest BCUT2D eigenvalue weighted by Crippen LogP contribution is -2.45. The van der Waals surface area contributed by atoms with Gasteiger partial charge in [-0.05, 0) is 55.7 Å². The minimum Gasteiger partial charge on any atom is -0.492 e. The van der Waals surface area contributed by atoms with E-state index in [2.05, 4.69) is 21.7 Å². The van der Waals surface area contributed by atoms with Crippen LogP contribution in [-0.4, -0.2) is 16.7 Å². The lowest BCUT2D eigenvalue weighted by molar-refractivity contribution is 0.342. The summed E-state index contributed by atoms with van der Waals surface area (Å²) in [6.07, 6.45) is 8.26. The molecule has 0 radical (unpaired) electrons. The van der Waals surface area contributed by atoms with Crippen LogP contribution >= 0.6 is 12.2 Å². The van der Waals surface area contributed by atoms with E-state index in [0.29, 0.717) is 11.7 Å². The van der Waals surface area contributed by atoms with Crippen LogP contribution in [-0.2, 0) is 5.54 Å². The van der Waals surface area contributed by atoms with Gasteiger partial charge < -0.3 is 15.4 Å². The predicted octanol–water partition coefficient (Wildman–Crippen LogP) is 4.24. The number of pyridine rings is 1. The molecule has 0 spiro atoms. The Hall–Kier alpha value is -2.14. The molecule has 0 saturated heterocycles. The van der Waals surface area contributed by atoms with Crippen molar-refractivity contribution in [3.63, 3.8) is 0 Å². The lowest BCUT2D eigenvalue weighted by atomic mass is 9.89. The summed E-state index contributed by atoms with van der Waals surface area (Å²) in [4.78, 5) is 4.28. The van der Waals surface area contributed by atoms with E-state index >= 15 is 0 Å². The number of thiocarbonyl (C=S) groups is 1. The van der Waals surface area contributed by atoms with Crippen LogP contribution in [0.1, 0.15) is 38.2 Å². The number of aromatic nitrogens is 1. The van der Waals surface area contributed by atoms with Gasteiger partial charge in [-0.2, -0.15) is 0 Å². The second kappa shape index (κ2) is 7.62. The van der Waals surface area contributed by atoms with Crippen LogP contribution in [0.2, 0.25) is 0 Å². The fourth-order valence-electron chi connectivity index (χ4n) is 3.33.